The van der Waals surface area contributed by atoms with Crippen LogP contribution in [0.5, 0.6) is 0 Å². The molecule has 0 N–H and O–H groups in total. The van der Waals surface area contributed by atoms with Crippen LogP contribution in [-0.2, 0) is 9.47 Å². The number of rotatable bonds is 11. The van der Waals surface area contributed by atoms with E-state index in [-0.39, 0.29) is 12.5 Å². The standard InChI is InChI=1S/C16H23F9O2/c17-13(18,14(19,20)15(21,22)16(23,24)25)8-4-1-2-5-9-26-11-12-7-3-6-10-27-12/h12H,1-11H2. The fourth-order valence-corrected chi connectivity index (χ4v) is 2.62. The summed E-state index contributed by atoms with van der Waals surface area (Å²) in [5, 5.41) is 0. The van der Waals surface area contributed by atoms with Gasteiger partial charge in [0.1, 0.15) is 0 Å². The summed E-state index contributed by atoms with van der Waals surface area (Å²) in [6, 6.07) is 0. The Morgan fingerprint density at radius 1 is 0.778 bits per heavy atom. The van der Waals surface area contributed by atoms with Gasteiger partial charge in [0, 0.05) is 19.6 Å². The molecule has 2 nitrogen and oxygen atoms in total. The predicted octanol–water partition coefficient (Wildman–Crippen LogP) is 5.99. The van der Waals surface area contributed by atoms with Crippen LogP contribution in [-0.4, -0.2) is 49.9 Å². The number of halogens is 9. The van der Waals surface area contributed by atoms with Gasteiger partial charge in [-0.1, -0.05) is 12.8 Å². The first-order valence-electron chi connectivity index (χ1n) is 8.72. The minimum Gasteiger partial charge on any atom is -0.379 e. The van der Waals surface area contributed by atoms with Crippen molar-refractivity contribution in [3.05, 3.63) is 0 Å². The molecule has 1 rings (SSSR count). The van der Waals surface area contributed by atoms with Crippen molar-refractivity contribution in [2.24, 2.45) is 0 Å². The lowest BCUT2D eigenvalue weighted by atomic mass is 9.98. The van der Waals surface area contributed by atoms with E-state index in [4.69, 9.17) is 9.47 Å². The maximum Gasteiger partial charge on any atom is 0.460 e. The molecule has 0 saturated carbocycles. The summed E-state index contributed by atoms with van der Waals surface area (Å²) in [7, 11) is 0. The van der Waals surface area contributed by atoms with Crippen molar-refractivity contribution in [2.45, 2.75) is 81.4 Å². The molecule has 27 heavy (non-hydrogen) atoms. The lowest BCUT2D eigenvalue weighted by molar-refractivity contribution is -0.396. The summed E-state index contributed by atoms with van der Waals surface area (Å²) in [6.45, 7) is 1.34. The molecule has 0 bridgehead atoms. The van der Waals surface area contributed by atoms with Gasteiger partial charge < -0.3 is 9.47 Å². The third-order valence-corrected chi connectivity index (χ3v) is 4.32. The van der Waals surface area contributed by atoms with Gasteiger partial charge in [-0.2, -0.15) is 39.5 Å². The van der Waals surface area contributed by atoms with E-state index in [1.807, 2.05) is 0 Å². The summed E-state index contributed by atoms with van der Waals surface area (Å²) in [5.74, 6) is -18.8. The predicted molar refractivity (Wildman–Crippen MR) is 78.4 cm³/mol. The fraction of sp³-hybridized carbons (Fsp3) is 1.00. The number of ether oxygens (including phenoxy) is 2. The molecule has 0 radical (unpaired) electrons. The van der Waals surface area contributed by atoms with Gasteiger partial charge in [-0.15, -0.1) is 0 Å². The molecule has 1 heterocycles. The van der Waals surface area contributed by atoms with E-state index in [0.29, 0.717) is 32.7 Å². The van der Waals surface area contributed by atoms with Crippen molar-refractivity contribution >= 4 is 0 Å². The highest BCUT2D eigenvalue weighted by Gasteiger charge is 2.81. The van der Waals surface area contributed by atoms with Crippen LogP contribution in [0.1, 0.15) is 51.4 Å². The van der Waals surface area contributed by atoms with Crippen LogP contribution in [0.15, 0.2) is 0 Å². The van der Waals surface area contributed by atoms with Crippen LogP contribution in [0.2, 0.25) is 0 Å². The highest BCUT2D eigenvalue weighted by Crippen LogP contribution is 2.54. The number of hydrogen-bond acceptors (Lipinski definition) is 2. The molecule has 1 fully saturated rings. The average Bonchev–Trinajstić information content (AvgIpc) is 2.56. The molecule has 0 aromatic rings. The minimum atomic E-state index is -6.81. The van der Waals surface area contributed by atoms with Crippen molar-refractivity contribution in [3.63, 3.8) is 0 Å². The molecule has 0 aliphatic carbocycles. The Hall–Kier alpha value is -0.710. The number of hydrogen-bond donors (Lipinski definition) is 0. The molecule has 11 heteroatoms. The Bertz CT molecular complexity index is 432. The second-order valence-corrected chi connectivity index (χ2v) is 6.58. The second kappa shape index (κ2) is 9.67. The van der Waals surface area contributed by atoms with Gasteiger partial charge >= 0.3 is 23.9 Å². The largest absolute Gasteiger partial charge is 0.460 e. The molecular formula is C16H23F9O2. The van der Waals surface area contributed by atoms with E-state index in [9.17, 15) is 39.5 Å². The topological polar surface area (TPSA) is 18.5 Å². The molecule has 1 aliphatic rings. The molecule has 0 spiro atoms. The third kappa shape index (κ3) is 6.40. The molecule has 1 aliphatic heterocycles. The van der Waals surface area contributed by atoms with Gasteiger partial charge in [0.2, 0.25) is 0 Å². The Kier molecular flexibility index (Phi) is 8.71. The summed E-state index contributed by atoms with van der Waals surface area (Å²) >= 11 is 0. The maximum atomic E-state index is 13.3. The first-order chi connectivity index (χ1) is 12.3. The van der Waals surface area contributed by atoms with Gasteiger partial charge in [0.05, 0.1) is 12.7 Å². The normalized spacial score (nSPS) is 20.1. The van der Waals surface area contributed by atoms with Crippen LogP contribution in [0.3, 0.4) is 0 Å². The van der Waals surface area contributed by atoms with E-state index in [2.05, 4.69) is 0 Å². The van der Waals surface area contributed by atoms with Crippen LogP contribution >= 0.6 is 0 Å². The summed E-state index contributed by atoms with van der Waals surface area (Å²) in [4.78, 5) is 0. The van der Waals surface area contributed by atoms with E-state index < -0.39 is 36.8 Å². The van der Waals surface area contributed by atoms with Crippen LogP contribution < -0.4 is 0 Å². The van der Waals surface area contributed by atoms with E-state index in [1.54, 1.807) is 0 Å². The van der Waals surface area contributed by atoms with Crippen molar-refractivity contribution in [3.8, 4) is 0 Å². The van der Waals surface area contributed by atoms with Crippen molar-refractivity contribution in [2.75, 3.05) is 19.8 Å². The van der Waals surface area contributed by atoms with Crippen molar-refractivity contribution in [1.82, 2.24) is 0 Å². The zero-order chi connectivity index (χ0) is 20.8. The first kappa shape index (κ1) is 24.3. The molecule has 0 aromatic carbocycles. The van der Waals surface area contributed by atoms with Gasteiger partial charge in [0.15, 0.2) is 0 Å². The van der Waals surface area contributed by atoms with Crippen LogP contribution in [0.25, 0.3) is 0 Å². The van der Waals surface area contributed by atoms with Gasteiger partial charge in [-0.25, -0.2) is 0 Å². The van der Waals surface area contributed by atoms with Crippen LogP contribution in [0.4, 0.5) is 39.5 Å². The van der Waals surface area contributed by atoms with Crippen molar-refractivity contribution < 1.29 is 49.0 Å². The van der Waals surface area contributed by atoms with Gasteiger partial charge in [-0.3, -0.25) is 0 Å². The Labute approximate surface area is 151 Å². The Morgan fingerprint density at radius 3 is 1.96 bits per heavy atom. The quantitative estimate of drug-likeness (QED) is 0.303. The van der Waals surface area contributed by atoms with E-state index >= 15 is 0 Å². The number of unbranched alkanes of at least 4 members (excludes halogenated alkanes) is 3. The monoisotopic (exact) mass is 418 g/mol. The van der Waals surface area contributed by atoms with Crippen molar-refractivity contribution in [1.29, 1.82) is 0 Å². The fourth-order valence-electron chi connectivity index (χ4n) is 2.62. The number of alkyl halides is 9. The van der Waals surface area contributed by atoms with Gasteiger partial charge in [0.25, 0.3) is 0 Å². The van der Waals surface area contributed by atoms with E-state index in [1.165, 1.54) is 0 Å². The molecular weight excluding hydrogens is 395 g/mol. The highest BCUT2D eigenvalue weighted by molar-refractivity contribution is 5.00. The zero-order valence-corrected chi connectivity index (χ0v) is 14.6. The average molecular weight is 418 g/mol. The van der Waals surface area contributed by atoms with Crippen LogP contribution in [0, 0.1) is 0 Å². The third-order valence-electron chi connectivity index (χ3n) is 4.32. The van der Waals surface area contributed by atoms with Gasteiger partial charge in [-0.05, 0) is 32.1 Å². The summed E-state index contributed by atoms with van der Waals surface area (Å²) in [6.07, 6.45) is -5.51. The lowest BCUT2D eigenvalue weighted by Gasteiger charge is -2.33. The molecule has 162 valence electrons. The molecule has 0 amide bonds. The summed E-state index contributed by atoms with van der Waals surface area (Å²) < 4.78 is 125. The molecule has 0 aromatic heterocycles. The molecule has 1 unspecified atom stereocenters. The van der Waals surface area contributed by atoms with E-state index in [0.717, 1.165) is 19.3 Å². The Morgan fingerprint density at radius 2 is 1.41 bits per heavy atom. The Balaban J connectivity index is 2.25. The molecule has 1 atom stereocenters. The zero-order valence-electron chi connectivity index (χ0n) is 14.6. The molecule has 1 saturated heterocycles. The highest BCUT2D eigenvalue weighted by atomic mass is 19.4. The summed E-state index contributed by atoms with van der Waals surface area (Å²) in [5.41, 5.74) is 0. The SMILES string of the molecule is FC(F)(F)C(F)(F)C(F)(F)C(F)(F)CCCCCCOCC1CCCCO1. The lowest BCUT2D eigenvalue weighted by Crippen LogP contribution is -2.60. The maximum absolute atomic E-state index is 13.3. The second-order valence-electron chi connectivity index (χ2n) is 6.58. The minimum absolute atomic E-state index is 0.00923. The smallest absolute Gasteiger partial charge is 0.379 e. The first-order valence-corrected chi connectivity index (χ1v) is 8.72.